The highest BCUT2D eigenvalue weighted by Gasteiger charge is 2.47. The van der Waals surface area contributed by atoms with Crippen molar-refractivity contribution in [3.8, 4) is 11.5 Å². The van der Waals surface area contributed by atoms with Gasteiger partial charge in [0.2, 0.25) is 0 Å². The van der Waals surface area contributed by atoms with Gasteiger partial charge in [-0.25, -0.2) is 0 Å². The lowest BCUT2D eigenvalue weighted by atomic mass is 9.95. The molecule has 34 heavy (non-hydrogen) atoms. The van der Waals surface area contributed by atoms with Crippen molar-refractivity contribution in [1.29, 1.82) is 0 Å². The molecule has 1 aromatic heterocycles. The summed E-state index contributed by atoms with van der Waals surface area (Å²) in [5.74, 6) is -0.474. The fourth-order valence-electron chi connectivity index (χ4n) is 4.11. The zero-order valence-corrected chi connectivity index (χ0v) is 19.3. The van der Waals surface area contributed by atoms with Gasteiger partial charge in [0.25, 0.3) is 11.7 Å². The third kappa shape index (κ3) is 4.24. The molecule has 0 spiro atoms. The smallest absolute Gasteiger partial charge is 0.300 e. The number of Topliss-reactive ketones (excluding diaryl/α,β-unsaturated/α-hetero) is 1. The Balaban J connectivity index is 1.88. The molecule has 1 atom stereocenters. The fourth-order valence-corrected chi connectivity index (χ4v) is 4.11. The van der Waals surface area contributed by atoms with E-state index in [0.717, 1.165) is 5.56 Å². The monoisotopic (exact) mass is 458 g/mol. The van der Waals surface area contributed by atoms with Crippen LogP contribution in [0.25, 0.3) is 5.76 Å². The number of carbonyl (C=O) groups is 2. The zero-order valence-electron chi connectivity index (χ0n) is 19.3. The highest BCUT2D eigenvalue weighted by atomic mass is 16.5. The van der Waals surface area contributed by atoms with Crippen LogP contribution in [0.3, 0.4) is 0 Å². The summed E-state index contributed by atoms with van der Waals surface area (Å²) in [5, 5.41) is 11.3. The van der Waals surface area contributed by atoms with E-state index >= 15 is 0 Å². The van der Waals surface area contributed by atoms with Crippen LogP contribution in [-0.4, -0.2) is 35.0 Å². The molecule has 1 amide bonds. The number of aryl methyl sites for hydroxylation is 1. The first-order chi connectivity index (χ1) is 16.5. The third-order valence-electron chi connectivity index (χ3n) is 5.60. The van der Waals surface area contributed by atoms with E-state index in [1.165, 1.54) is 4.90 Å². The highest BCUT2D eigenvalue weighted by Crippen LogP contribution is 2.42. The Bertz CT molecular complexity index is 1250. The Hall–Kier alpha value is -4.13. The Morgan fingerprint density at radius 1 is 1.03 bits per heavy atom. The lowest BCUT2D eigenvalue weighted by molar-refractivity contribution is -0.132. The van der Waals surface area contributed by atoms with E-state index in [2.05, 4.69) is 4.98 Å². The number of ketones is 1. The van der Waals surface area contributed by atoms with Crippen molar-refractivity contribution in [2.24, 2.45) is 0 Å². The van der Waals surface area contributed by atoms with Crippen molar-refractivity contribution < 1.29 is 24.2 Å². The minimum absolute atomic E-state index is 0.00312. The molecule has 0 saturated carbocycles. The molecule has 1 N–H and O–H groups in total. The lowest BCUT2D eigenvalue weighted by Crippen LogP contribution is -2.29. The first-order valence-electron chi connectivity index (χ1n) is 11.1. The van der Waals surface area contributed by atoms with Gasteiger partial charge in [-0.1, -0.05) is 12.1 Å². The molecule has 1 unspecified atom stereocenters. The molecule has 7 nitrogen and oxygen atoms in total. The molecule has 2 aromatic carbocycles. The van der Waals surface area contributed by atoms with E-state index in [0.29, 0.717) is 41.5 Å². The summed E-state index contributed by atoms with van der Waals surface area (Å²) >= 11 is 0. The number of benzene rings is 2. The number of amides is 1. The number of anilines is 1. The number of aliphatic hydroxyl groups is 1. The van der Waals surface area contributed by atoms with Crippen molar-refractivity contribution in [2.45, 2.75) is 26.8 Å². The number of pyridine rings is 1. The second-order valence-corrected chi connectivity index (χ2v) is 7.80. The van der Waals surface area contributed by atoms with Crippen LogP contribution in [0, 0.1) is 6.92 Å². The maximum atomic E-state index is 13.3. The Labute approximate surface area is 198 Å². The van der Waals surface area contributed by atoms with E-state index in [4.69, 9.17) is 9.47 Å². The number of hydrogen-bond donors (Lipinski definition) is 1. The van der Waals surface area contributed by atoms with E-state index in [1.807, 2.05) is 20.8 Å². The minimum Gasteiger partial charge on any atom is -0.507 e. The number of hydrogen-bond acceptors (Lipinski definition) is 6. The summed E-state index contributed by atoms with van der Waals surface area (Å²) < 4.78 is 11.2. The van der Waals surface area contributed by atoms with Crippen LogP contribution in [-0.2, 0) is 9.59 Å². The molecule has 0 bridgehead atoms. The average Bonchev–Trinajstić information content (AvgIpc) is 3.11. The highest BCUT2D eigenvalue weighted by molar-refractivity contribution is 6.51. The number of aromatic nitrogens is 1. The van der Waals surface area contributed by atoms with E-state index in [9.17, 15) is 14.7 Å². The molecule has 1 aliphatic rings. The first-order valence-corrected chi connectivity index (χ1v) is 11.1. The average molecular weight is 459 g/mol. The summed E-state index contributed by atoms with van der Waals surface area (Å²) in [5.41, 5.74) is 2.33. The Morgan fingerprint density at radius 3 is 2.50 bits per heavy atom. The standard InChI is InChI=1S/C27H26N2O5/c1-4-33-21-10-6-9-20(15-21)29-24(19-8-7-13-28-16-19)23(26(31)27(29)32)25(30)18-11-12-22(34-5-2)17(3)14-18/h6-16,24,30H,4-5H2,1-3H3/b25-23+. The summed E-state index contributed by atoms with van der Waals surface area (Å²) in [6.45, 7) is 6.60. The number of nitrogens with zero attached hydrogens (tertiary/aromatic N) is 2. The second-order valence-electron chi connectivity index (χ2n) is 7.80. The second kappa shape index (κ2) is 9.79. The Morgan fingerprint density at radius 2 is 1.82 bits per heavy atom. The molecular weight excluding hydrogens is 432 g/mol. The van der Waals surface area contributed by atoms with Gasteiger partial charge in [-0.15, -0.1) is 0 Å². The van der Waals surface area contributed by atoms with Crippen LogP contribution in [0.4, 0.5) is 5.69 Å². The molecule has 0 aliphatic carbocycles. The summed E-state index contributed by atoms with van der Waals surface area (Å²) in [7, 11) is 0. The molecule has 0 radical (unpaired) electrons. The summed E-state index contributed by atoms with van der Waals surface area (Å²) in [6, 6.07) is 14.8. The van der Waals surface area contributed by atoms with Crippen molar-refractivity contribution in [3.05, 3.63) is 89.3 Å². The van der Waals surface area contributed by atoms with Crippen molar-refractivity contribution in [1.82, 2.24) is 4.98 Å². The van der Waals surface area contributed by atoms with Gasteiger partial charge >= 0.3 is 0 Å². The molecular formula is C27H26N2O5. The van der Waals surface area contributed by atoms with Crippen LogP contribution in [0.1, 0.15) is 36.6 Å². The van der Waals surface area contributed by atoms with Crippen molar-refractivity contribution >= 4 is 23.1 Å². The number of ether oxygens (including phenoxy) is 2. The normalized spacial score (nSPS) is 17.1. The van der Waals surface area contributed by atoms with Gasteiger partial charge in [0.15, 0.2) is 0 Å². The number of aliphatic hydroxyl groups excluding tert-OH is 1. The summed E-state index contributed by atoms with van der Waals surface area (Å²) in [6.07, 6.45) is 3.20. The van der Waals surface area contributed by atoms with Crippen LogP contribution < -0.4 is 14.4 Å². The fraction of sp³-hybridized carbons (Fsp3) is 0.222. The van der Waals surface area contributed by atoms with Crippen LogP contribution in [0.5, 0.6) is 11.5 Å². The molecule has 7 heteroatoms. The van der Waals surface area contributed by atoms with Crippen LogP contribution in [0.2, 0.25) is 0 Å². The van der Waals surface area contributed by atoms with Gasteiger partial charge in [-0.2, -0.15) is 0 Å². The predicted molar refractivity (Wildman–Crippen MR) is 129 cm³/mol. The quantitative estimate of drug-likeness (QED) is 0.310. The van der Waals surface area contributed by atoms with Crippen LogP contribution in [0.15, 0.2) is 72.6 Å². The van der Waals surface area contributed by atoms with Gasteiger partial charge in [-0.3, -0.25) is 19.5 Å². The van der Waals surface area contributed by atoms with E-state index in [-0.39, 0.29) is 11.3 Å². The minimum atomic E-state index is -0.850. The van der Waals surface area contributed by atoms with Gasteiger partial charge < -0.3 is 14.6 Å². The third-order valence-corrected chi connectivity index (χ3v) is 5.60. The van der Waals surface area contributed by atoms with Gasteiger partial charge in [0.05, 0.1) is 24.8 Å². The topological polar surface area (TPSA) is 89.0 Å². The zero-order chi connectivity index (χ0) is 24.2. The van der Waals surface area contributed by atoms with Crippen molar-refractivity contribution in [2.75, 3.05) is 18.1 Å². The number of rotatable bonds is 7. The van der Waals surface area contributed by atoms with E-state index < -0.39 is 17.7 Å². The maximum absolute atomic E-state index is 13.3. The SMILES string of the molecule is CCOc1cccc(N2C(=O)C(=O)/C(=C(/O)c3ccc(OCC)c(C)c3)C2c2cccnc2)c1. The van der Waals surface area contributed by atoms with E-state index in [1.54, 1.807) is 67.0 Å². The van der Waals surface area contributed by atoms with Gasteiger partial charge in [0, 0.05) is 29.7 Å². The van der Waals surface area contributed by atoms with Crippen LogP contribution >= 0.6 is 0 Å². The van der Waals surface area contributed by atoms with Crippen molar-refractivity contribution in [3.63, 3.8) is 0 Å². The molecule has 2 heterocycles. The molecule has 1 aliphatic heterocycles. The largest absolute Gasteiger partial charge is 0.507 e. The summed E-state index contributed by atoms with van der Waals surface area (Å²) in [4.78, 5) is 32.1. The molecule has 174 valence electrons. The van der Waals surface area contributed by atoms with Gasteiger partial charge in [0.1, 0.15) is 17.3 Å². The molecule has 4 rings (SSSR count). The Kier molecular flexibility index (Phi) is 6.63. The first kappa shape index (κ1) is 23.0. The predicted octanol–water partition coefficient (Wildman–Crippen LogP) is 4.81. The lowest BCUT2D eigenvalue weighted by Gasteiger charge is -2.25. The van der Waals surface area contributed by atoms with Gasteiger partial charge in [-0.05, 0) is 68.3 Å². The molecule has 1 saturated heterocycles. The number of carbonyl (C=O) groups excluding carboxylic acids is 2. The molecule has 1 fully saturated rings. The molecule has 3 aromatic rings. The maximum Gasteiger partial charge on any atom is 0.300 e.